The van der Waals surface area contributed by atoms with Crippen LogP contribution in [0.2, 0.25) is 0 Å². The molecule has 0 saturated heterocycles. The van der Waals surface area contributed by atoms with E-state index in [2.05, 4.69) is 4.99 Å². The van der Waals surface area contributed by atoms with E-state index in [9.17, 15) is 10.1 Å². The molecule has 1 aliphatic heterocycles. The van der Waals surface area contributed by atoms with Crippen molar-refractivity contribution in [1.29, 1.82) is 0 Å². The zero-order valence-electron chi connectivity index (χ0n) is 10.0. The van der Waals surface area contributed by atoms with Gasteiger partial charge >= 0.3 is 0 Å². The number of para-hydroxylation sites is 1. The molecule has 0 spiro atoms. The first-order chi connectivity index (χ1) is 9.24. The van der Waals surface area contributed by atoms with E-state index in [0.29, 0.717) is 0 Å². The number of rotatable bonds is 2. The summed E-state index contributed by atoms with van der Waals surface area (Å²) in [5, 5.41) is 10.6. The second-order valence-electron chi connectivity index (χ2n) is 4.28. The van der Waals surface area contributed by atoms with Crippen LogP contribution in [0, 0.1) is 10.1 Å². The summed E-state index contributed by atoms with van der Waals surface area (Å²) in [6.45, 7) is 0. The summed E-state index contributed by atoms with van der Waals surface area (Å²) in [4.78, 5) is 13.4. The van der Waals surface area contributed by atoms with Crippen LogP contribution in [0.3, 0.4) is 0 Å². The number of benzene rings is 2. The molecule has 0 aromatic heterocycles. The van der Waals surface area contributed by atoms with Crippen molar-refractivity contribution in [3.05, 3.63) is 69.8 Å². The molecule has 3 rings (SSSR count). The molecule has 4 heteroatoms. The van der Waals surface area contributed by atoms with Crippen molar-refractivity contribution < 1.29 is 9.92 Å². The largest absolute Gasteiger partial charge is 0.269 e. The molecule has 1 aliphatic rings. The first kappa shape index (κ1) is 11.3. The van der Waals surface area contributed by atoms with Crippen molar-refractivity contribution >= 4 is 29.2 Å². The molecule has 0 unspecified atom stereocenters. The van der Waals surface area contributed by atoms with Crippen LogP contribution in [0.4, 0.5) is 11.4 Å². The molecule has 4 nitrogen and oxygen atoms in total. The molecule has 2 aromatic rings. The van der Waals surface area contributed by atoms with Gasteiger partial charge in [-0.05, 0) is 29.8 Å². The number of nitro benzene ring substituents is 1. The highest BCUT2D eigenvalue weighted by atomic mass is 16.6. The van der Waals surface area contributed by atoms with Crippen molar-refractivity contribution in [2.24, 2.45) is 0 Å². The van der Waals surface area contributed by atoms with E-state index in [1.165, 1.54) is 12.1 Å². The second-order valence-corrected chi connectivity index (χ2v) is 4.28. The van der Waals surface area contributed by atoms with Gasteiger partial charge in [-0.25, -0.2) is 4.99 Å². The van der Waals surface area contributed by atoms with Crippen LogP contribution in [0.25, 0.3) is 11.6 Å². The fraction of sp³-hybridized carbons (Fsp3) is 0. The van der Waals surface area contributed by atoms with Gasteiger partial charge in [0.25, 0.3) is 5.69 Å². The third-order valence-corrected chi connectivity index (χ3v) is 3.05. The minimum Gasteiger partial charge on any atom is -0.258 e. The second kappa shape index (κ2) is 4.49. The molecule has 0 amide bonds. The maximum absolute atomic E-state index is 10.6. The quantitative estimate of drug-likeness (QED) is 0.655. The van der Waals surface area contributed by atoms with Crippen LogP contribution >= 0.6 is 0 Å². The van der Waals surface area contributed by atoms with E-state index in [1.807, 2.05) is 36.6 Å². The van der Waals surface area contributed by atoms with Gasteiger partial charge in [-0.15, -0.1) is 0 Å². The lowest BCUT2D eigenvalue weighted by atomic mass is 10.0. The number of non-ortho nitro benzene ring substituents is 1. The summed E-state index contributed by atoms with van der Waals surface area (Å²) in [6, 6.07) is 14.6. The predicted molar refractivity (Wildman–Crippen MR) is 74.1 cm³/mol. The Balaban J connectivity index is 1.95. The Bertz CT molecular complexity index is 700. The minimum absolute atomic E-state index is 0.107. The van der Waals surface area contributed by atoms with Gasteiger partial charge in [0, 0.05) is 18.2 Å². The minimum atomic E-state index is -0.393. The van der Waals surface area contributed by atoms with Crippen LogP contribution < -0.4 is 4.99 Å². The summed E-state index contributed by atoms with van der Waals surface area (Å²) < 4.78 is 0. The number of hydrogen-bond acceptors (Lipinski definition) is 2. The average molecular weight is 251 g/mol. The van der Waals surface area contributed by atoms with Gasteiger partial charge in [0.2, 0.25) is 5.69 Å². The van der Waals surface area contributed by atoms with Crippen molar-refractivity contribution in [1.82, 2.24) is 0 Å². The third-order valence-electron chi connectivity index (χ3n) is 3.05. The Labute approximate surface area is 109 Å². The first-order valence-electron chi connectivity index (χ1n) is 5.89. The van der Waals surface area contributed by atoms with E-state index in [1.54, 1.807) is 12.1 Å². The number of nitrogens with zero attached hydrogens (tertiary/aromatic N) is 1. The van der Waals surface area contributed by atoms with Crippen LogP contribution in [-0.2, 0) is 0 Å². The highest BCUT2D eigenvalue weighted by Gasteiger charge is 2.17. The van der Waals surface area contributed by atoms with Crippen molar-refractivity contribution in [2.45, 2.75) is 0 Å². The molecule has 0 atom stereocenters. The molecule has 1 heterocycles. The summed E-state index contributed by atoms with van der Waals surface area (Å²) in [6.07, 6.45) is 3.94. The molecule has 1 N–H and O–H groups in total. The van der Waals surface area contributed by atoms with E-state index in [4.69, 9.17) is 0 Å². The Morgan fingerprint density at radius 3 is 2.53 bits per heavy atom. The molecule has 19 heavy (non-hydrogen) atoms. The van der Waals surface area contributed by atoms with Crippen LogP contribution in [-0.4, -0.2) is 11.1 Å². The van der Waals surface area contributed by atoms with Gasteiger partial charge in [-0.1, -0.05) is 12.1 Å². The fourth-order valence-corrected chi connectivity index (χ4v) is 2.09. The lowest BCUT2D eigenvalue weighted by molar-refractivity contribution is -0.384. The fourth-order valence-electron chi connectivity index (χ4n) is 2.09. The van der Waals surface area contributed by atoms with E-state index in [-0.39, 0.29) is 5.69 Å². The highest BCUT2D eigenvalue weighted by molar-refractivity contribution is 6.17. The Morgan fingerprint density at radius 2 is 1.79 bits per heavy atom. The average Bonchev–Trinajstić information content (AvgIpc) is 2.83. The van der Waals surface area contributed by atoms with Gasteiger partial charge in [0.15, 0.2) is 6.21 Å². The molecular weight excluding hydrogens is 240 g/mol. The molecule has 0 bridgehead atoms. The molecule has 0 aliphatic carbocycles. The lowest BCUT2D eigenvalue weighted by Crippen LogP contribution is -2.58. The van der Waals surface area contributed by atoms with Crippen molar-refractivity contribution in [2.75, 3.05) is 0 Å². The van der Waals surface area contributed by atoms with Gasteiger partial charge in [-0.3, -0.25) is 10.1 Å². The molecule has 0 saturated carbocycles. The van der Waals surface area contributed by atoms with Crippen LogP contribution in [0.5, 0.6) is 0 Å². The standard InChI is InChI=1S/C15H10N2O2/c18-17(19)13-7-5-11(6-8-13)9-12-10-16-15-4-2-1-3-14(12)15/h1-10H/p+1/b12-9+. The summed E-state index contributed by atoms with van der Waals surface area (Å²) in [5.41, 5.74) is 4.34. The summed E-state index contributed by atoms with van der Waals surface area (Å²) in [7, 11) is 0. The number of nitro groups is 1. The number of nitrogens with one attached hydrogen (secondary N) is 1. The number of fused-ring (bicyclic) bond motifs is 1. The van der Waals surface area contributed by atoms with E-state index < -0.39 is 4.92 Å². The number of hydrogen-bond donors (Lipinski definition) is 1. The summed E-state index contributed by atoms with van der Waals surface area (Å²) >= 11 is 0. The maximum Gasteiger partial charge on any atom is 0.269 e. The van der Waals surface area contributed by atoms with Gasteiger partial charge < -0.3 is 0 Å². The van der Waals surface area contributed by atoms with E-state index in [0.717, 1.165) is 22.4 Å². The zero-order chi connectivity index (χ0) is 13.2. The third kappa shape index (κ3) is 2.15. The molecule has 92 valence electrons. The van der Waals surface area contributed by atoms with Crippen LogP contribution in [0.1, 0.15) is 11.1 Å². The Kier molecular flexibility index (Phi) is 2.68. The van der Waals surface area contributed by atoms with Crippen molar-refractivity contribution in [3.8, 4) is 0 Å². The van der Waals surface area contributed by atoms with Crippen LogP contribution in [0.15, 0.2) is 48.5 Å². The van der Waals surface area contributed by atoms with Crippen molar-refractivity contribution in [3.63, 3.8) is 0 Å². The van der Waals surface area contributed by atoms with E-state index >= 15 is 0 Å². The lowest BCUT2D eigenvalue weighted by Gasteiger charge is -1.96. The summed E-state index contributed by atoms with van der Waals surface area (Å²) in [5.74, 6) is 0. The normalized spacial score (nSPS) is 14.6. The predicted octanol–water partition coefficient (Wildman–Crippen LogP) is 1.93. The Hall–Kier alpha value is -2.75. The highest BCUT2D eigenvalue weighted by Crippen LogP contribution is 2.24. The number of allylic oxidation sites excluding steroid dienone is 1. The maximum atomic E-state index is 10.6. The van der Waals surface area contributed by atoms with Gasteiger partial charge in [0.05, 0.1) is 16.1 Å². The zero-order valence-corrected chi connectivity index (χ0v) is 10.0. The van der Waals surface area contributed by atoms with Gasteiger partial charge in [0.1, 0.15) is 0 Å². The molecular formula is C15H11N2O2+. The molecule has 0 radical (unpaired) electrons. The molecule has 2 aromatic carbocycles. The molecule has 0 fully saturated rings. The Morgan fingerprint density at radius 1 is 1.05 bits per heavy atom. The van der Waals surface area contributed by atoms with Gasteiger partial charge in [-0.2, -0.15) is 0 Å². The topological polar surface area (TPSA) is 57.1 Å². The monoisotopic (exact) mass is 251 g/mol. The smallest absolute Gasteiger partial charge is 0.258 e. The SMILES string of the molecule is O=[N+]([O-])c1ccc(/C=C2\C=[NH+]c3ccccc32)cc1. The first-order valence-corrected chi connectivity index (χ1v) is 5.89.